The zero-order valence-electron chi connectivity index (χ0n) is 6.51. The van der Waals surface area contributed by atoms with Crippen LogP contribution < -0.4 is 0 Å². The fourth-order valence-electron chi connectivity index (χ4n) is 1.21. The van der Waals surface area contributed by atoms with E-state index in [9.17, 15) is 4.79 Å². The van der Waals surface area contributed by atoms with Crippen LogP contribution in [0, 0.1) is 5.41 Å². The number of hydrogen-bond acceptors (Lipinski definition) is 1. The molecule has 1 aliphatic carbocycles. The normalized spacial score (nSPS) is 28.9. The van der Waals surface area contributed by atoms with E-state index >= 15 is 0 Å². The van der Waals surface area contributed by atoms with Crippen molar-refractivity contribution in [1.82, 2.24) is 0 Å². The molecule has 0 N–H and O–H groups in total. The second kappa shape index (κ2) is 3.22. The fourth-order valence-corrected chi connectivity index (χ4v) is 1.49. The maximum atomic E-state index is 11.0. The van der Waals surface area contributed by atoms with E-state index in [1.807, 2.05) is 31.2 Å². The second-order valence-electron chi connectivity index (χ2n) is 2.77. The van der Waals surface area contributed by atoms with Crippen molar-refractivity contribution < 1.29 is 4.79 Å². The van der Waals surface area contributed by atoms with Crippen molar-refractivity contribution >= 4 is 16.8 Å². The molecule has 1 rings (SSSR count). The Labute approximate surface area is 71.7 Å². The van der Waals surface area contributed by atoms with Gasteiger partial charge in [-0.1, -0.05) is 31.2 Å². The summed E-state index contributed by atoms with van der Waals surface area (Å²) in [4.78, 5) is 11.0. The lowest BCUT2D eigenvalue weighted by Crippen LogP contribution is -2.24. The van der Waals surface area contributed by atoms with Gasteiger partial charge in [-0.3, -0.25) is 4.79 Å². The summed E-state index contributed by atoms with van der Waals surface area (Å²) in [6.45, 7) is 1.98. The molecule has 0 bridgehead atoms. The molecule has 0 aromatic heterocycles. The van der Waals surface area contributed by atoms with E-state index in [0.717, 1.165) is 12.8 Å². The molecule has 0 aliphatic heterocycles. The first-order valence-corrected chi connectivity index (χ1v) is 4.13. The number of carbonyl (C=O) groups is 1. The Morgan fingerprint density at radius 3 is 2.64 bits per heavy atom. The summed E-state index contributed by atoms with van der Waals surface area (Å²) in [5, 5.41) is -0.249. The highest BCUT2D eigenvalue weighted by molar-refractivity contribution is 6.65. The lowest BCUT2D eigenvalue weighted by molar-refractivity contribution is -0.118. The second-order valence-corrected chi connectivity index (χ2v) is 3.12. The Morgan fingerprint density at radius 1 is 1.64 bits per heavy atom. The molecular formula is C9H11ClO. The summed E-state index contributed by atoms with van der Waals surface area (Å²) in [5.74, 6) is 0. The molecule has 0 saturated heterocycles. The number of rotatable bonds is 2. The highest BCUT2D eigenvalue weighted by Crippen LogP contribution is 2.33. The highest BCUT2D eigenvalue weighted by Gasteiger charge is 2.31. The maximum absolute atomic E-state index is 11.0. The van der Waals surface area contributed by atoms with Crippen molar-refractivity contribution in [2.75, 3.05) is 0 Å². The van der Waals surface area contributed by atoms with Crippen LogP contribution >= 0.6 is 11.6 Å². The SMILES string of the molecule is CCC1(C(=O)Cl)C=CC=CC1. The molecule has 0 amide bonds. The van der Waals surface area contributed by atoms with Gasteiger partial charge in [0.15, 0.2) is 0 Å². The van der Waals surface area contributed by atoms with Gasteiger partial charge in [-0.2, -0.15) is 0 Å². The molecule has 0 aromatic carbocycles. The van der Waals surface area contributed by atoms with Crippen molar-refractivity contribution in [2.45, 2.75) is 19.8 Å². The Balaban J connectivity index is 2.85. The van der Waals surface area contributed by atoms with Gasteiger partial charge in [0.05, 0.1) is 5.41 Å². The Morgan fingerprint density at radius 2 is 2.36 bits per heavy atom. The summed E-state index contributed by atoms with van der Waals surface area (Å²) < 4.78 is 0. The predicted molar refractivity (Wildman–Crippen MR) is 46.5 cm³/mol. The van der Waals surface area contributed by atoms with E-state index < -0.39 is 5.41 Å². The van der Waals surface area contributed by atoms with Gasteiger partial charge in [-0.25, -0.2) is 0 Å². The minimum absolute atomic E-state index is 0.249. The summed E-state index contributed by atoms with van der Waals surface area (Å²) in [6, 6.07) is 0. The summed E-state index contributed by atoms with van der Waals surface area (Å²) >= 11 is 5.49. The average molecular weight is 171 g/mol. The van der Waals surface area contributed by atoms with Gasteiger partial charge in [0.2, 0.25) is 5.24 Å². The van der Waals surface area contributed by atoms with Crippen LogP contribution in [0.2, 0.25) is 0 Å². The van der Waals surface area contributed by atoms with Crippen LogP contribution in [0.5, 0.6) is 0 Å². The number of hydrogen-bond donors (Lipinski definition) is 0. The molecular weight excluding hydrogens is 160 g/mol. The average Bonchev–Trinajstić information content (AvgIpc) is 2.05. The Bertz CT molecular complexity index is 218. The minimum atomic E-state index is -0.420. The quantitative estimate of drug-likeness (QED) is 0.583. The maximum Gasteiger partial charge on any atom is 0.231 e. The van der Waals surface area contributed by atoms with E-state index in [-0.39, 0.29) is 5.24 Å². The lowest BCUT2D eigenvalue weighted by Gasteiger charge is -2.24. The van der Waals surface area contributed by atoms with Gasteiger partial charge in [0.1, 0.15) is 0 Å². The highest BCUT2D eigenvalue weighted by atomic mass is 35.5. The topological polar surface area (TPSA) is 17.1 Å². The number of halogens is 1. The third-order valence-corrected chi connectivity index (χ3v) is 2.54. The van der Waals surface area contributed by atoms with Gasteiger partial charge < -0.3 is 0 Å². The van der Waals surface area contributed by atoms with Gasteiger partial charge in [0.25, 0.3) is 0 Å². The zero-order chi connectivity index (χ0) is 8.32. The summed E-state index contributed by atoms with van der Waals surface area (Å²) in [6.07, 6.45) is 9.20. The number of carbonyl (C=O) groups excluding carboxylic acids is 1. The predicted octanol–water partition coefficient (Wildman–Crippen LogP) is 2.66. The van der Waals surface area contributed by atoms with Crippen LogP contribution in [0.4, 0.5) is 0 Å². The molecule has 0 heterocycles. The molecule has 1 nitrogen and oxygen atoms in total. The van der Waals surface area contributed by atoms with E-state index in [4.69, 9.17) is 11.6 Å². The Hall–Kier alpha value is -0.560. The molecule has 11 heavy (non-hydrogen) atoms. The standard InChI is InChI=1S/C9H11ClO/c1-2-9(8(10)11)6-4-3-5-7-9/h3-6H,2,7H2,1H3. The first-order chi connectivity index (χ1) is 5.21. The molecule has 0 aromatic rings. The van der Waals surface area contributed by atoms with Crippen molar-refractivity contribution in [2.24, 2.45) is 5.41 Å². The first kappa shape index (κ1) is 8.54. The molecule has 1 atom stereocenters. The van der Waals surface area contributed by atoms with Crippen molar-refractivity contribution in [1.29, 1.82) is 0 Å². The molecule has 0 saturated carbocycles. The van der Waals surface area contributed by atoms with Crippen LogP contribution in [-0.4, -0.2) is 5.24 Å². The van der Waals surface area contributed by atoms with Crippen LogP contribution in [0.1, 0.15) is 19.8 Å². The third kappa shape index (κ3) is 1.54. The Kier molecular flexibility index (Phi) is 2.50. The molecule has 0 radical (unpaired) electrons. The van der Waals surface area contributed by atoms with Crippen molar-refractivity contribution in [3.63, 3.8) is 0 Å². The molecule has 0 spiro atoms. The van der Waals surface area contributed by atoms with E-state index in [2.05, 4.69) is 0 Å². The van der Waals surface area contributed by atoms with E-state index in [0.29, 0.717) is 0 Å². The molecule has 0 fully saturated rings. The minimum Gasteiger partial charge on any atom is -0.280 e. The monoisotopic (exact) mass is 170 g/mol. The third-order valence-electron chi connectivity index (χ3n) is 2.17. The van der Waals surface area contributed by atoms with Gasteiger partial charge in [-0.05, 0) is 24.4 Å². The van der Waals surface area contributed by atoms with Gasteiger partial charge in [0, 0.05) is 0 Å². The molecule has 2 heteroatoms. The fraction of sp³-hybridized carbons (Fsp3) is 0.444. The first-order valence-electron chi connectivity index (χ1n) is 3.75. The van der Waals surface area contributed by atoms with Gasteiger partial charge >= 0.3 is 0 Å². The van der Waals surface area contributed by atoms with Crippen LogP contribution in [-0.2, 0) is 4.79 Å². The van der Waals surface area contributed by atoms with Crippen LogP contribution in [0.15, 0.2) is 24.3 Å². The van der Waals surface area contributed by atoms with E-state index in [1.165, 1.54) is 0 Å². The molecule has 1 aliphatic rings. The lowest BCUT2D eigenvalue weighted by atomic mass is 9.80. The summed E-state index contributed by atoms with van der Waals surface area (Å²) in [7, 11) is 0. The van der Waals surface area contributed by atoms with Crippen molar-refractivity contribution in [3.8, 4) is 0 Å². The van der Waals surface area contributed by atoms with Gasteiger partial charge in [-0.15, -0.1) is 0 Å². The largest absolute Gasteiger partial charge is 0.280 e. The van der Waals surface area contributed by atoms with Crippen LogP contribution in [0.25, 0.3) is 0 Å². The van der Waals surface area contributed by atoms with Crippen LogP contribution in [0.3, 0.4) is 0 Å². The molecule has 60 valence electrons. The number of allylic oxidation sites excluding steroid dienone is 4. The summed E-state index contributed by atoms with van der Waals surface area (Å²) in [5.41, 5.74) is -0.420. The van der Waals surface area contributed by atoms with E-state index in [1.54, 1.807) is 0 Å². The molecule has 1 unspecified atom stereocenters. The zero-order valence-corrected chi connectivity index (χ0v) is 7.27. The van der Waals surface area contributed by atoms with Crippen molar-refractivity contribution in [3.05, 3.63) is 24.3 Å². The smallest absolute Gasteiger partial charge is 0.231 e.